The van der Waals surface area contributed by atoms with E-state index in [2.05, 4.69) is 5.32 Å². The van der Waals surface area contributed by atoms with E-state index in [4.69, 9.17) is 9.47 Å². The smallest absolute Gasteiger partial charge is 0.414 e. The zero-order valence-electron chi connectivity index (χ0n) is 15.8. The van der Waals surface area contributed by atoms with E-state index in [1.807, 2.05) is 13.8 Å². The van der Waals surface area contributed by atoms with Crippen LogP contribution in [0.3, 0.4) is 0 Å². The molecule has 1 N–H and O–H groups in total. The molecule has 2 aromatic rings. The molecule has 1 amide bonds. The van der Waals surface area contributed by atoms with Gasteiger partial charge in [-0.2, -0.15) is 0 Å². The minimum absolute atomic E-state index is 0.0329. The fraction of sp³-hybridized carbons (Fsp3) is 0.350. The highest BCUT2D eigenvalue weighted by atomic mass is 16.6. The number of ether oxygens (including phenoxy) is 2. The fourth-order valence-electron chi connectivity index (χ4n) is 2.85. The van der Waals surface area contributed by atoms with Crippen LogP contribution in [0.25, 0.3) is 0 Å². The Morgan fingerprint density at radius 3 is 2.71 bits per heavy atom. The van der Waals surface area contributed by atoms with E-state index in [-0.39, 0.29) is 24.5 Å². The lowest BCUT2D eigenvalue weighted by molar-refractivity contribution is -0.384. The first-order valence-electron chi connectivity index (χ1n) is 9.10. The third-order valence-electron chi connectivity index (χ3n) is 4.30. The van der Waals surface area contributed by atoms with Gasteiger partial charge in [-0.05, 0) is 29.8 Å². The zero-order chi connectivity index (χ0) is 20.1. The van der Waals surface area contributed by atoms with Gasteiger partial charge in [0.05, 0.1) is 11.5 Å². The molecule has 2 aromatic carbocycles. The monoisotopic (exact) mass is 385 g/mol. The standard InChI is InChI=1S/C20H23N3O5/c1-14(2)21-11-19-12-22(20(24)28-19)16-6-8-18(9-7-16)27-13-15-4-3-5-17(10-15)23(25)26/h3-10,14,19,21H,11-13H2,1-2H3. The van der Waals surface area contributed by atoms with E-state index >= 15 is 0 Å². The van der Waals surface area contributed by atoms with Gasteiger partial charge >= 0.3 is 6.09 Å². The van der Waals surface area contributed by atoms with Crippen molar-refractivity contribution in [3.05, 3.63) is 64.2 Å². The van der Waals surface area contributed by atoms with Crippen LogP contribution in [0.2, 0.25) is 0 Å². The second kappa shape index (κ2) is 8.71. The summed E-state index contributed by atoms with van der Waals surface area (Å²) in [4.78, 5) is 24.1. The summed E-state index contributed by atoms with van der Waals surface area (Å²) in [6.07, 6.45) is -0.541. The average Bonchev–Trinajstić information content (AvgIpc) is 3.06. The molecule has 0 spiro atoms. The lowest BCUT2D eigenvalue weighted by atomic mass is 10.2. The number of anilines is 1. The third kappa shape index (κ3) is 4.98. The number of non-ortho nitro benzene ring substituents is 1. The maximum absolute atomic E-state index is 12.1. The van der Waals surface area contributed by atoms with Crippen LogP contribution in [-0.4, -0.2) is 36.3 Å². The highest BCUT2D eigenvalue weighted by Crippen LogP contribution is 2.25. The Kier molecular flexibility index (Phi) is 6.10. The molecule has 3 rings (SSSR count). The van der Waals surface area contributed by atoms with Crippen molar-refractivity contribution >= 4 is 17.5 Å². The lowest BCUT2D eigenvalue weighted by Gasteiger charge is -2.14. The van der Waals surface area contributed by atoms with Gasteiger partial charge in [0.2, 0.25) is 0 Å². The topological polar surface area (TPSA) is 93.9 Å². The van der Waals surface area contributed by atoms with Gasteiger partial charge in [0, 0.05) is 30.4 Å². The van der Waals surface area contributed by atoms with Crippen LogP contribution in [0.4, 0.5) is 16.2 Å². The van der Waals surface area contributed by atoms with Crippen LogP contribution < -0.4 is 15.0 Å². The van der Waals surface area contributed by atoms with Gasteiger partial charge in [0.1, 0.15) is 18.5 Å². The van der Waals surface area contributed by atoms with Crippen molar-refractivity contribution < 1.29 is 19.2 Å². The number of hydrogen-bond donors (Lipinski definition) is 1. The molecule has 0 bridgehead atoms. The second-order valence-electron chi connectivity index (χ2n) is 6.89. The Labute approximate surface area is 163 Å². The van der Waals surface area contributed by atoms with E-state index in [9.17, 15) is 14.9 Å². The van der Waals surface area contributed by atoms with Gasteiger partial charge in [0.25, 0.3) is 5.69 Å². The predicted octanol–water partition coefficient (Wildman–Crippen LogP) is 3.50. The number of cyclic esters (lactones) is 1. The van der Waals surface area contributed by atoms with Crippen LogP contribution in [0.15, 0.2) is 48.5 Å². The van der Waals surface area contributed by atoms with E-state index < -0.39 is 4.92 Å². The molecular weight excluding hydrogens is 362 g/mol. The SMILES string of the molecule is CC(C)NCC1CN(c2ccc(OCc3cccc([N+](=O)[O-])c3)cc2)C(=O)O1. The third-order valence-corrected chi connectivity index (χ3v) is 4.30. The van der Waals surface area contributed by atoms with Gasteiger partial charge in [-0.25, -0.2) is 4.79 Å². The molecule has 1 unspecified atom stereocenters. The summed E-state index contributed by atoms with van der Waals surface area (Å²) >= 11 is 0. The average molecular weight is 385 g/mol. The molecule has 1 atom stereocenters. The minimum Gasteiger partial charge on any atom is -0.489 e. The molecule has 8 heteroatoms. The summed E-state index contributed by atoms with van der Waals surface area (Å²) in [7, 11) is 0. The summed E-state index contributed by atoms with van der Waals surface area (Å²) < 4.78 is 11.1. The van der Waals surface area contributed by atoms with Crippen molar-refractivity contribution in [2.24, 2.45) is 0 Å². The number of nitrogens with one attached hydrogen (secondary N) is 1. The van der Waals surface area contributed by atoms with Crippen molar-refractivity contribution in [2.45, 2.75) is 32.6 Å². The number of nitro benzene ring substituents is 1. The molecule has 0 saturated carbocycles. The lowest BCUT2D eigenvalue weighted by Crippen LogP contribution is -2.34. The number of carbonyl (C=O) groups is 1. The molecule has 1 saturated heterocycles. The molecule has 148 valence electrons. The summed E-state index contributed by atoms with van der Waals surface area (Å²) in [5, 5.41) is 14.1. The Morgan fingerprint density at radius 1 is 1.29 bits per heavy atom. The normalized spacial score (nSPS) is 16.3. The van der Waals surface area contributed by atoms with Crippen LogP contribution in [0, 0.1) is 10.1 Å². The van der Waals surface area contributed by atoms with Crippen molar-refractivity contribution in [3.63, 3.8) is 0 Å². The number of benzene rings is 2. The Bertz CT molecular complexity index is 838. The van der Waals surface area contributed by atoms with Crippen LogP contribution >= 0.6 is 0 Å². The first-order chi connectivity index (χ1) is 13.4. The number of nitrogens with zero attached hydrogens (tertiary/aromatic N) is 2. The summed E-state index contributed by atoms with van der Waals surface area (Å²) in [6, 6.07) is 13.8. The Morgan fingerprint density at radius 2 is 2.04 bits per heavy atom. The second-order valence-corrected chi connectivity index (χ2v) is 6.89. The summed E-state index contributed by atoms with van der Waals surface area (Å²) in [5.74, 6) is 0.612. The van der Waals surface area contributed by atoms with E-state index in [1.54, 1.807) is 41.3 Å². The molecule has 8 nitrogen and oxygen atoms in total. The van der Waals surface area contributed by atoms with E-state index in [0.717, 1.165) is 5.69 Å². The maximum atomic E-state index is 12.1. The Hall–Kier alpha value is -3.13. The van der Waals surface area contributed by atoms with Gasteiger partial charge in [0.15, 0.2) is 0 Å². The molecule has 1 heterocycles. The molecule has 1 fully saturated rings. The Balaban J connectivity index is 1.57. The predicted molar refractivity (Wildman–Crippen MR) is 105 cm³/mol. The van der Waals surface area contributed by atoms with Crippen LogP contribution in [0.1, 0.15) is 19.4 Å². The maximum Gasteiger partial charge on any atom is 0.414 e. The number of amides is 1. The number of hydrogen-bond acceptors (Lipinski definition) is 6. The van der Waals surface area contributed by atoms with Crippen LogP contribution in [-0.2, 0) is 11.3 Å². The summed E-state index contributed by atoms with van der Waals surface area (Å²) in [6.45, 7) is 5.41. The van der Waals surface area contributed by atoms with Crippen molar-refractivity contribution in [2.75, 3.05) is 18.0 Å². The quantitative estimate of drug-likeness (QED) is 0.552. The van der Waals surface area contributed by atoms with Gasteiger partial charge in [-0.3, -0.25) is 15.0 Å². The first kappa shape index (κ1) is 19.6. The summed E-state index contributed by atoms with van der Waals surface area (Å²) in [5.41, 5.74) is 1.48. The fourth-order valence-corrected chi connectivity index (χ4v) is 2.85. The molecule has 0 radical (unpaired) electrons. The van der Waals surface area contributed by atoms with Gasteiger partial charge in [-0.15, -0.1) is 0 Å². The molecule has 0 aliphatic carbocycles. The molecule has 28 heavy (non-hydrogen) atoms. The largest absolute Gasteiger partial charge is 0.489 e. The molecule has 0 aromatic heterocycles. The van der Waals surface area contributed by atoms with E-state index in [0.29, 0.717) is 30.4 Å². The highest BCUT2D eigenvalue weighted by molar-refractivity contribution is 5.89. The van der Waals surface area contributed by atoms with Crippen molar-refractivity contribution in [1.82, 2.24) is 5.32 Å². The van der Waals surface area contributed by atoms with Crippen LogP contribution in [0.5, 0.6) is 5.75 Å². The van der Waals surface area contributed by atoms with Gasteiger partial charge in [-0.1, -0.05) is 26.0 Å². The first-order valence-corrected chi connectivity index (χ1v) is 9.10. The minimum atomic E-state index is -0.433. The van der Waals surface area contributed by atoms with Gasteiger partial charge < -0.3 is 14.8 Å². The van der Waals surface area contributed by atoms with E-state index in [1.165, 1.54) is 12.1 Å². The molecular formula is C20H23N3O5. The zero-order valence-corrected chi connectivity index (χ0v) is 15.8. The van der Waals surface area contributed by atoms with Crippen molar-refractivity contribution in [3.8, 4) is 5.75 Å². The highest BCUT2D eigenvalue weighted by Gasteiger charge is 2.32. The molecule has 1 aliphatic rings. The molecule has 1 aliphatic heterocycles. The number of rotatable bonds is 8. The van der Waals surface area contributed by atoms with Crippen molar-refractivity contribution in [1.29, 1.82) is 0 Å². The number of nitro groups is 1. The number of carbonyl (C=O) groups excluding carboxylic acids is 1.